The number of nitrogens with one attached hydrogen (secondary N) is 2. The van der Waals surface area contributed by atoms with Gasteiger partial charge in [0.05, 0.1) is 56.8 Å². The third kappa shape index (κ3) is 4.83. The fourth-order valence-corrected chi connectivity index (χ4v) is 3.56. The molecule has 4 aromatic rings. The number of pyridine rings is 1. The molecule has 0 aliphatic heterocycles. The number of fused-ring (bicyclic) bond motifs is 1. The average molecular weight is 449 g/mol. The topological polar surface area (TPSA) is 110 Å². The molecule has 31 heavy (non-hydrogen) atoms. The Labute approximate surface area is 188 Å². The third-order valence-corrected chi connectivity index (χ3v) is 5.52. The van der Waals surface area contributed by atoms with E-state index in [4.69, 9.17) is 27.0 Å². The van der Waals surface area contributed by atoms with Crippen LogP contribution in [0.1, 0.15) is 5.69 Å². The van der Waals surface area contributed by atoms with E-state index >= 15 is 0 Å². The normalized spacial score (nSPS) is 11.5. The van der Waals surface area contributed by atoms with E-state index in [9.17, 15) is 0 Å². The smallest absolute Gasteiger partial charge is 0.0922 e. The summed E-state index contributed by atoms with van der Waals surface area (Å²) >= 11 is 7.26. The summed E-state index contributed by atoms with van der Waals surface area (Å²) in [5, 5.41) is 8.07. The summed E-state index contributed by atoms with van der Waals surface area (Å²) in [7, 11) is 0. The number of hydrogen-bond donors (Lipinski definition) is 3. The van der Waals surface area contributed by atoms with Crippen LogP contribution in [0.2, 0.25) is 5.02 Å². The Morgan fingerprint density at radius 1 is 1.06 bits per heavy atom. The van der Waals surface area contributed by atoms with E-state index in [1.54, 1.807) is 24.7 Å². The van der Waals surface area contributed by atoms with Crippen LogP contribution in [0.5, 0.6) is 0 Å². The Bertz CT molecular complexity index is 1280. The van der Waals surface area contributed by atoms with Crippen molar-refractivity contribution in [3.8, 4) is 11.1 Å². The molecule has 2 heterocycles. The van der Waals surface area contributed by atoms with E-state index in [1.165, 1.54) is 6.20 Å². The first-order valence-corrected chi connectivity index (χ1v) is 10.3. The lowest BCUT2D eigenvalue weighted by atomic mass is 10.1. The molecule has 0 bridgehead atoms. The second kappa shape index (κ2) is 9.57. The number of rotatable bonds is 7. The molecule has 4 N–H and O–H groups in total. The average Bonchev–Trinajstić information content (AvgIpc) is 2.81. The van der Waals surface area contributed by atoms with Crippen molar-refractivity contribution in [2.45, 2.75) is 4.90 Å². The lowest BCUT2D eigenvalue weighted by Gasteiger charge is -2.09. The van der Waals surface area contributed by atoms with Gasteiger partial charge >= 0.3 is 0 Å². The van der Waals surface area contributed by atoms with Crippen molar-refractivity contribution < 1.29 is 4.28 Å². The van der Waals surface area contributed by atoms with Crippen molar-refractivity contribution in [1.29, 1.82) is 5.41 Å². The van der Waals surface area contributed by atoms with Crippen LogP contribution in [0.4, 0.5) is 5.69 Å². The van der Waals surface area contributed by atoms with E-state index in [0.29, 0.717) is 27.5 Å². The minimum Gasteiger partial charge on any atom is -0.404 e. The van der Waals surface area contributed by atoms with Crippen LogP contribution in [0.25, 0.3) is 27.7 Å². The number of nitrogens with two attached hydrogens (primary N) is 1. The zero-order valence-electron chi connectivity index (χ0n) is 16.1. The Hall–Kier alpha value is -3.46. The van der Waals surface area contributed by atoms with Gasteiger partial charge in [-0.05, 0) is 35.9 Å². The molecule has 0 aliphatic carbocycles. The molecule has 9 heteroatoms. The van der Waals surface area contributed by atoms with E-state index in [2.05, 4.69) is 20.4 Å². The number of halogens is 1. The minimum atomic E-state index is 0.501. The quantitative estimate of drug-likeness (QED) is 0.199. The summed E-state index contributed by atoms with van der Waals surface area (Å²) in [5.41, 5.74) is 13.4. The first kappa shape index (κ1) is 20.8. The van der Waals surface area contributed by atoms with Crippen molar-refractivity contribution in [2.24, 2.45) is 5.73 Å². The number of aromatic nitrogens is 3. The lowest BCUT2D eigenvalue weighted by Crippen LogP contribution is -1.97. The standard InChI is InChI=1S/C22H17ClN6OS/c23-18-3-1-2-4-22(18)31-30-29-17-7-15(11-26-12-17)14-5-6-19-20(8-14)28-21(13-27-19)16(9-24)10-25/h1-13,24,29H,25H2/b16-10+,24-9?. The molecular weight excluding hydrogens is 432 g/mol. The minimum absolute atomic E-state index is 0.501. The fraction of sp³-hybridized carbons (Fsp3) is 0. The molecule has 4 rings (SSSR count). The number of nitrogens with zero attached hydrogens (tertiary/aromatic N) is 3. The molecule has 0 unspecified atom stereocenters. The fourth-order valence-electron chi connectivity index (χ4n) is 2.82. The summed E-state index contributed by atoms with van der Waals surface area (Å²) in [6, 6.07) is 15.1. The van der Waals surface area contributed by atoms with Gasteiger partial charge in [-0.15, -0.1) is 0 Å². The van der Waals surface area contributed by atoms with Crippen LogP contribution in [-0.4, -0.2) is 21.2 Å². The molecule has 0 fully saturated rings. The van der Waals surface area contributed by atoms with Crippen LogP contribution >= 0.6 is 23.6 Å². The van der Waals surface area contributed by atoms with E-state index < -0.39 is 0 Å². The van der Waals surface area contributed by atoms with Crippen LogP contribution in [0.3, 0.4) is 0 Å². The van der Waals surface area contributed by atoms with Crippen molar-refractivity contribution in [2.75, 3.05) is 5.48 Å². The summed E-state index contributed by atoms with van der Waals surface area (Å²) in [6.45, 7) is 0. The van der Waals surface area contributed by atoms with Gasteiger partial charge in [0.25, 0.3) is 0 Å². The first-order valence-electron chi connectivity index (χ1n) is 9.17. The van der Waals surface area contributed by atoms with Gasteiger partial charge in [-0.3, -0.25) is 15.4 Å². The Morgan fingerprint density at radius 2 is 1.94 bits per heavy atom. The molecule has 2 aromatic carbocycles. The number of benzene rings is 2. The molecule has 0 saturated carbocycles. The van der Waals surface area contributed by atoms with Crippen LogP contribution in [0.15, 0.2) is 78.2 Å². The molecule has 0 radical (unpaired) electrons. The summed E-state index contributed by atoms with van der Waals surface area (Å²) in [5.74, 6) is 0. The van der Waals surface area contributed by atoms with Gasteiger partial charge in [0.15, 0.2) is 0 Å². The van der Waals surface area contributed by atoms with Crippen molar-refractivity contribution in [3.05, 3.63) is 84.0 Å². The monoisotopic (exact) mass is 448 g/mol. The molecule has 0 atom stereocenters. The maximum Gasteiger partial charge on any atom is 0.0922 e. The number of allylic oxidation sites excluding steroid dienone is 1. The van der Waals surface area contributed by atoms with Gasteiger partial charge in [0.1, 0.15) is 0 Å². The SMILES string of the molecule is N=C/C(=C\N)c1cnc2ccc(-c3cncc(NOSc4ccccc4Cl)c3)cc2n1. The highest BCUT2D eigenvalue weighted by molar-refractivity contribution is 7.94. The van der Waals surface area contributed by atoms with Gasteiger partial charge in [0.2, 0.25) is 0 Å². The second-order valence-electron chi connectivity index (χ2n) is 6.39. The Morgan fingerprint density at radius 3 is 2.74 bits per heavy atom. The van der Waals surface area contributed by atoms with E-state index in [1.807, 2.05) is 42.5 Å². The van der Waals surface area contributed by atoms with Gasteiger partial charge in [-0.1, -0.05) is 29.8 Å². The van der Waals surface area contributed by atoms with Gasteiger partial charge in [0, 0.05) is 29.7 Å². The number of anilines is 1. The van der Waals surface area contributed by atoms with Gasteiger partial charge in [-0.2, -0.15) is 4.28 Å². The van der Waals surface area contributed by atoms with Gasteiger partial charge in [-0.25, -0.2) is 4.98 Å². The second-order valence-corrected chi connectivity index (χ2v) is 7.57. The van der Waals surface area contributed by atoms with E-state index in [0.717, 1.165) is 39.8 Å². The molecule has 2 aromatic heterocycles. The molecule has 0 spiro atoms. The lowest BCUT2D eigenvalue weighted by molar-refractivity contribution is 0.477. The molecule has 0 saturated heterocycles. The largest absolute Gasteiger partial charge is 0.404 e. The zero-order chi connectivity index (χ0) is 21.6. The molecule has 154 valence electrons. The molecule has 7 nitrogen and oxygen atoms in total. The molecule has 0 amide bonds. The predicted octanol–water partition coefficient (Wildman–Crippen LogP) is 5.35. The van der Waals surface area contributed by atoms with Crippen LogP contribution in [0, 0.1) is 5.41 Å². The predicted molar refractivity (Wildman–Crippen MR) is 126 cm³/mol. The first-order chi connectivity index (χ1) is 15.2. The van der Waals surface area contributed by atoms with Gasteiger partial charge < -0.3 is 11.1 Å². The summed E-state index contributed by atoms with van der Waals surface area (Å²) in [6.07, 6.45) is 7.52. The van der Waals surface area contributed by atoms with Crippen molar-refractivity contribution in [3.63, 3.8) is 0 Å². The van der Waals surface area contributed by atoms with E-state index in [-0.39, 0.29) is 0 Å². The number of hydrogen-bond acceptors (Lipinski definition) is 8. The Kier molecular flexibility index (Phi) is 6.42. The molecular formula is C22H17ClN6OS. The highest BCUT2D eigenvalue weighted by Gasteiger charge is 2.07. The highest BCUT2D eigenvalue weighted by atomic mass is 35.5. The maximum atomic E-state index is 7.45. The van der Waals surface area contributed by atoms with Crippen LogP contribution in [-0.2, 0) is 4.28 Å². The Balaban J connectivity index is 1.55. The maximum absolute atomic E-state index is 7.45. The summed E-state index contributed by atoms with van der Waals surface area (Å²) in [4.78, 5) is 14.1. The van der Waals surface area contributed by atoms with Crippen molar-refractivity contribution in [1.82, 2.24) is 15.0 Å². The third-order valence-electron chi connectivity index (χ3n) is 4.37. The molecule has 0 aliphatic rings. The summed E-state index contributed by atoms with van der Waals surface area (Å²) < 4.78 is 5.50. The van der Waals surface area contributed by atoms with Crippen LogP contribution < -0.4 is 11.2 Å². The highest BCUT2D eigenvalue weighted by Crippen LogP contribution is 2.29. The van der Waals surface area contributed by atoms with Crippen molar-refractivity contribution >= 4 is 52.2 Å². The zero-order valence-corrected chi connectivity index (χ0v) is 17.7.